The van der Waals surface area contributed by atoms with Crippen molar-refractivity contribution >= 4 is 11.9 Å². The van der Waals surface area contributed by atoms with E-state index in [9.17, 15) is 18.0 Å². The number of hydrogen-bond acceptors (Lipinski definition) is 2. The molecule has 7 heteroatoms. The van der Waals surface area contributed by atoms with Gasteiger partial charge in [-0.15, -0.1) is 0 Å². The van der Waals surface area contributed by atoms with Crippen molar-refractivity contribution in [2.75, 3.05) is 0 Å². The van der Waals surface area contributed by atoms with Crippen molar-refractivity contribution in [1.82, 2.24) is 0 Å². The zero-order valence-corrected chi connectivity index (χ0v) is 8.68. The predicted octanol–water partition coefficient (Wildman–Crippen LogP) is 1.54. The summed E-state index contributed by atoms with van der Waals surface area (Å²) in [5, 5.41) is 7.12. The molecular weight excluding hydrogens is 215 g/mol. The average Bonchev–Trinajstić information content (AvgIpc) is 1.78. The molecule has 0 unspecified atom stereocenters. The summed E-state index contributed by atoms with van der Waals surface area (Å²) >= 11 is 0. The second kappa shape index (κ2) is 5.57. The van der Waals surface area contributed by atoms with Gasteiger partial charge in [-0.2, -0.15) is 13.2 Å². The van der Waals surface area contributed by atoms with E-state index in [1.54, 1.807) is 0 Å². The zero-order valence-electron chi connectivity index (χ0n) is 8.68. The monoisotopic (exact) mass is 229 g/mol. The maximum Gasteiger partial charge on any atom is 0.490 e. The van der Waals surface area contributed by atoms with Gasteiger partial charge in [0.05, 0.1) is 0 Å². The van der Waals surface area contributed by atoms with Crippen LogP contribution in [-0.4, -0.2) is 23.2 Å². The summed E-state index contributed by atoms with van der Waals surface area (Å²) in [5.74, 6) is -2.98. The lowest BCUT2D eigenvalue weighted by molar-refractivity contribution is -0.192. The first-order chi connectivity index (χ1) is 6.36. The lowest BCUT2D eigenvalue weighted by Crippen LogP contribution is -2.21. The molecule has 0 saturated heterocycles. The van der Waals surface area contributed by atoms with Crippen molar-refractivity contribution in [2.45, 2.75) is 33.4 Å². The molecule has 0 bridgehead atoms. The molecule has 0 aromatic rings. The molecule has 0 fully saturated rings. The summed E-state index contributed by atoms with van der Waals surface area (Å²) in [6.45, 7) is 5.95. The second-order valence-corrected chi connectivity index (χ2v) is 4.01. The number of nitrogens with two attached hydrogens (primary N) is 1. The summed E-state index contributed by atoms with van der Waals surface area (Å²) in [6, 6.07) is 0. The zero-order chi connectivity index (χ0) is 12.9. The molecule has 0 aromatic carbocycles. The van der Waals surface area contributed by atoms with Gasteiger partial charge in [-0.1, -0.05) is 20.8 Å². The van der Waals surface area contributed by atoms with E-state index in [-0.39, 0.29) is 11.3 Å². The number of halogens is 3. The fourth-order valence-corrected chi connectivity index (χ4v) is 0.523. The normalized spacial score (nSPS) is 11.3. The third kappa shape index (κ3) is 15.5. The fourth-order valence-electron chi connectivity index (χ4n) is 0.523. The molecule has 15 heavy (non-hydrogen) atoms. The summed E-state index contributed by atoms with van der Waals surface area (Å²) in [7, 11) is 0. The van der Waals surface area contributed by atoms with E-state index in [1.807, 2.05) is 20.8 Å². The molecule has 0 heterocycles. The first-order valence-corrected chi connectivity index (χ1v) is 3.94. The minimum Gasteiger partial charge on any atom is -0.475 e. The van der Waals surface area contributed by atoms with E-state index in [0.717, 1.165) is 0 Å². The summed E-state index contributed by atoms with van der Waals surface area (Å²) < 4.78 is 31.7. The highest BCUT2D eigenvalue weighted by Crippen LogP contribution is 2.16. The summed E-state index contributed by atoms with van der Waals surface area (Å²) in [4.78, 5) is 19.1. The molecule has 0 spiro atoms. The van der Waals surface area contributed by atoms with E-state index in [4.69, 9.17) is 15.6 Å². The largest absolute Gasteiger partial charge is 0.490 e. The van der Waals surface area contributed by atoms with Gasteiger partial charge in [0.15, 0.2) is 0 Å². The van der Waals surface area contributed by atoms with Crippen molar-refractivity contribution in [3.8, 4) is 0 Å². The van der Waals surface area contributed by atoms with Crippen LogP contribution >= 0.6 is 0 Å². The second-order valence-electron chi connectivity index (χ2n) is 4.01. The number of carbonyl (C=O) groups is 2. The van der Waals surface area contributed by atoms with Gasteiger partial charge in [-0.05, 0) is 5.41 Å². The molecule has 0 rings (SSSR count). The van der Waals surface area contributed by atoms with Gasteiger partial charge in [0.2, 0.25) is 5.91 Å². The molecule has 3 N–H and O–H groups in total. The quantitative estimate of drug-likeness (QED) is 0.715. The van der Waals surface area contributed by atoms with Gasteiger partial charge >= 0.3 is 12.1 Å². The van der Waals surface area contributed by atoms with E-state index in [2.05, 4.69) is 0 Å². The minimum atomic E-state index is -5.08. The van der Waals surface area contributed by atoms with Crippen LogP contribution in [0.25, 0.3) is 0 Å². The van der Waals surface area contributed by atoms with Crippen LogP contribution in [0, 0.1) is 5.41 Å². The van der Waals surface area contributed by atoms with Crippen molar-refractivity contribution in [2.24, 2.45) is 11.1 Å². The van der Waals surface area contributed by atoms with Crippen molar-refractivity contribution in [3.63, 3.8) is 0 Å². The van der Waals surface area contributed by atoms with E-state index >= 15 is 0 Å². The standard InChI is InChI=1S/C6H13NO.C2HF3O2/c1-6(2,3)4-5(7)8;3-2(4,5)1(6)7/h4H2,1-3H3,(H2,7,8);(H,6,7). The summed E-state index contributed by atoms with van der Waals surface area (Å²) in [5.41, 5.74) is 4.99. The number of carboxylic acids is 1. The van der Waals surface area contributed by atoms with Crippen LogP contribution in [0.15, 0.2) is 0 Å². The molecule has 0 aliphatic heterocycles. The Morgan fingerprint density at radius 1 is 1.20 bits per heavy atom. The number of aliphatic carboxylic acids is 1. The maximum absolute atomic E-state index is 10.6. The van der Waals surface area contributed by atoms with Crippen LogP contribution in [0.4, 0.5) is 13.2 Å². The fraction of sp³-hybridized carbons (Fsp3) is 0.750. The molecule has 0 saturated carbocycles. The highest BCUT2D eigenvalue weighted by Gasteiger charge is 2.38. The predicted molar refractivity (Wildman–Crippen MR) is 47.0 cm³/mol. The molecule has 0 atom stereocenters. The highest BCUT2D eigenvalue weighted by molar-refractivity contribution is 5.74. The van der Waals surface area contributed by atoms with Gasteiger partial charge in [0.1, 0.15) is 0 Å². The molecule has 0 aromatic heterocycles. The van der Waals surface area contributed by atoms with E-state index < -0.39 is 12.1 Å². The van der Waals surface area contributed by atoms with Crippen LogP contribution in [0.1, 0.15) is 27.2 Å². The lowest BCUT2D eigenvalue weighted by Gasteiger charge is -2.13. The number of amides is 1. The van der Waals surface area contributed by atoms with Crippen LogP contribution in [0.3, 0.4) is 0 Å². The Morgan fingerprint density at radius 3 is 1.47 bits per heavy atom. The Hall–Kier alpha value is -1.27. The average molecular weight is 229 g/mol. The smallest absolute Gasteiger partial charge is 0.475 e. The lowest BCUT2D eigenvalue weighted by atomic mass is 9.92. The van der Waals surface area contributed by atoms with Gasteiger partial charge < -0.3 is 10.8 Å². The SMILES string of the molecule is CC(C)(C)CC(N)=O.O=C(O)C(F)(F)F. The number of hydrogen-bond donors (Lipinski definition) is 2. The van der Waals surface area contributed by atoms with Crippen molar-refractivity contribution < 1.29 is 27.9 Å². The molecule has 0 radical (unpaired) electrons. The molecular formula is C8H14F3NO3. The molecule has 0 aliphatic rings. The number of carboxylic acid groups (broad SMARTS) is 1. The molecule has 90 valence electrons. The first-order valence-electron chi connectivity index (χ1n) is 3.94. The van der Waals surface area contributed by atoms with Crippen LogP contribution in [0.2, 0.25) is 0 Å². The third-order valence-electron chi connectivity index (χ3n) is 0.947. The van der Waals surface area contributed by atoms with Crippen LogP contribution in [-0.2, 0) is 9.59 Å². The number of alkyl halides is 3. The highest BCUT2D eigenvalue weighted by atomic mass is 19.4. The molecule has 1 amide bonds. The topological polar surface area (TPSA) is 80.4 Å². The number of rotatable bonds is 1. The van der Waals surface area contributed by atoms with Crippen LogP contribution < -0.4 is 5.73 Å². The van der Waals surface area contributed by atoms with Gasteiger partial charge in [0.25, 0.3) is 0 Å². The number of primary amides is 1. The number of carbonyl (C=O) groups excluding carboxylic acids is 1. The Labute approximate surface area is 85.3 Å². The van der Waals surface area contributed by atoms with E-state index in [0.29, 0.717) is 6.42 Å². The Balaban J connectivity index is 0. The first kappa shape index (κ1) is 16.2. The Morgan fingerprint density at radius 2 is 1.47 bits per heavy atom. The summed E-state index contributed by atoms with van der Waals surface area (Å²) in [6.07, 6.45) is -4.62. The Kier molecular flexibility index (Phi) is 6.01. The van der Waals surface area contributed by atoms with Crippen molar-refractivity contribution in [3.05, 3.63) is 0 Å². The molecule has 4 nitrogen and oxygen atoms in total. The maximum atomic E-state index is 10.6. The van der Waals surface area contributed by atoms with E-state index in [1.165, 1.54) is 0 Å². The minimum absolute atomic E-state index is 0.0475. The van der Waals surface area contributed by atoms with Crippen molar-refractivity contribution in [1.29, 1.82) is 0 Å². The Bertz CT molecular complexity index is 230. The third-order valence-corrected chi connectivity index (χ3v) is 0.947. The van der Waals surface area contributed by atoms with Gasteiger partial charge in [-0.25, -0.2) is 4.79 Å². The van der Waals surface area contributed by atoms with Gasteiger partial charge in [0, 0.05) is 6.42 Å². The van der Waals surface area contributed by atoms with Crippen LogP contribution in [0.5, 0.6) is 0 Å². The van der Waals surface area contributed by atoms with Gasteiger partial charge in [-0.3, -0.25) is 4.79 Å². The molecule has 0 aliphatic carbocycles.